The lowest BCUT2D eigenvalue weighted by molar-refractivity contribution is 0.0911. The Hall–Kier alpha value is -2.99. The van der Waals surface area contributed by atoms with Crippen LogP contribution >= 0.6 is 0 Å². The molecule has 1 heterocycles. The predicted octanol–water partition coefficient (Wildman–Crippen LogP) is 2.68. The van der Waals surface area contributed by atoms with Gasteiger partial charge in [0.1, 0.15) is 11.5 Å². The summed E-state index contributed by atoms with van der Waals surface area (Å²) in [6, 6.07) is 16.5. The molecule has 3 N–H and O–H groups in total. The normalized spacial score (nSPS) is 11.9. The summed E-state index contributed by atoms with van der Waals surface area (Å²) in [6.07, 6.45) is -0.783. The number of aliphatic hydroxyl groups is 1. The average Bonchev–Trinajstić information content (AvgIpc) is 3.11. The van der Waals surface area contributed by atoms with E-state index in [1.54, 1.807) is 30.3 Å². The van der Waals surface area contributed by atoms with Crippen LogP contribution in [-0.2, 0) is 0 Å². The van der Waals surface area contributed by atoms with E-state index in [4.69, 9.17) is 0 Å². The molecule has 0 aliphatic carbocycles. The highest BCUT2D eigenvalue weighted by molar-refractivity contribution is 5.93. The second-order valence-corrected chi connectivity index (χ2v) is 5.31. The number of H-pyrrole nitrogens is 1. The van der Waals surface area contributed by atoms with Crippen molar-refractivity contribution in [1.29, 1.82) is 0 Å². The summed E-state index contributed by atoms with van der Waals surface area (Å²) in [6.45, 7) is 0.0910. The third kappa shape index (κ3) is 3.67. The molecule has 1 aromatic heterocycles. The molecular weight excluding hydrogens is 309 g/mol. The van der Waals surface area contributed by atoms with E-state index in [1.165, 1.54) is 12.1 Å². The minimum atomic E-state index is -0.783. The molecule has 0 unspecified atom stereocenters. The second-order valence-electron chi connectivity index (χ2n) is 5.31. The zero-order chi connectivity index (χ0) is 16.9. The summed E-state index contributed by atoms with van der Waals surface area (Å²) in [4.78, 5) is 12.1. The highest BCUT2D eigenvalue weighted by Gasteiger charge is 2.13. The van der Waals surface area contributed by atoms with Gasteiger partial charge in [-0.05, 0) is 35.9 Å². The zero-order valence-electron chi connectivity index (χ0n) is 12.7. The van der Waals surface area contributed by atoms with Crippen molar-refractivity contribution < 1.29 is 14.3 Å². The van der Waals surface area contributed by atoms with Crippen LogP contribution in [0.15, 0.2) is 60.7 Å². The van der Waals surface area contributed by atoms with Crippen molar-refractivity contribution in [2.45, 2.75) is 6.10 Å². The van der Waals surface area contributed by atoms with E-state index in [1.807, 2.05) is 18.2 Å². The first-order valence-electron chi connectivity index (χ1n) is 7.46. The summed E-state index contributed by atoms with van der Waals surface area (Å²) in [5, 5.41) is 19.4. The Bertz CT molecular complexity index is 816. The maximum absolute atomic E-state index is 12.9. The van der Waals surface area contributed by atoms with Gasteiger partial charge in [0.2, 0.25) is 0 Å². The van der Waals surface area contributed by atoms with Crippen LogP contribution < -0.4 is 5.32 Å². The molecule has 0 bridgehead atoms. The monoisotopic (exact) mass is 325 g/mol. The molecule has 1 atom stereocenters. The van der Waals surface area contributed by atoms with Crippen LogP contribution in [0.25, 0.3) is 11.3 Å². The van der Waals surface area contributed by atoms with E-state index in [0.29, 0.717) is 11.3 Å². The molecule has 122 valence electrons. The van der Waals surface area contributed by atoms with E-state index in [2.05, 4.69) is 15.5 Å². The van der Waals surface area contributed by atoms with E-state index in [9.17, 15) is 14.3 Å². The van der Waals surface area contributed by atoms with E-state index >= 15 is 0 Å². The maximum Gasteiger partial charge on any atom is 0.269 e. The first kappa shape index (κ1) is 15.9. The number of nitrogens with zero attached hydrogens (tertiary/aromatic N) is 1. The lowest BCUT2D eigenvalue weighted by Crippen LogP contribution is -2.28. The van der Waals surface area contributed by atoms with Gasteiger partial charge in [0.25, 0.3) is 5.91 Å². The van der Waals surface area contributed by atoms with Crippen molar-refractivity contribution in [3.05, 3.63) is 77.7 Å². The molecule has 2 aromatic carbocycles. The SMILES string of the molecule is O=C(NC[C@H](O)c1ccccc1)c1cc(-c2ccc(F)cc2)n[nH]1. The standard InChI is InChI=1S/C18H16FN3O2/c19-14-8-6-12(7-9-14)15-10-16(22-21-15)18(24)20-11-17(23)13-4-2-1-3-5-13/h1-10,17,23H,11H2,(H,20,24)(H,21,22)/t17-/m0/s1. The lowest BCUT2D eigenvalue weighted by atomic mass is 10.1. The Morgan fingerprint density at radius 2 is 1.88 bits per heavy atom. The van der Waals surface area contributed by atoms with Crippen molar-refractivity contribution in [2.75, 3.05) is 6.54 Å². The van der Waals surface area contributed by atoms with Crippen molar-refractivity contribution >= 4 is 5.91 Å². The number of halogens is 1. The van der Waals surface area contributed by atoms with Gasteiger partial charge in [0, 0.05) is 12.1 Å². The Morgan fingerprint density at radius 1 is 1.17 bits per heavy atom. The van der Waals surface area contributed by atoms with Gasteiger partial charge in [-0.3, -0.25) is 9.89 Å². The number of hydrogen-bond donors (Lipinski definition) is 3. The molecule has 0 fully saturated rings. The van der Waals surface area contributed by atoms with Crippen LogP contribution in [0.5, 0.6) is 0 Å². The Morgan fingerprint density at radius 3 is 2.58 bits per heavy atom. The number of aliphatic hydroxyl groups excluding tert-OH is 1. The Labute approximate surface area is 138 Å². The number of carbonyl (C=O) groups is 1. The molecule has 0 aliphatic heterocycles. The van der Waals surface area contributed by atoms with Gasteiger partial charge < -0.3 is 10.4 Å². The summed E-state index contributed by atoms with van der Waals surface area (Å²) in [5.41, 5.74) is 2.25. The minimum absolute atomic E-state index is 0.0910. The van der Waals surface area contributed by atoms with E-state index in [0.717, 1.165) is 5.56 Å². The van der Waals surface area contributed by atoms with Crippen molar-refractivity contribution in [3.8, 4) is 11.3 Å². The Kier molecular flexibility index (Phi) is 4.67. The van der Waals surface area contributed by atoms with Gasteiger partial charge in [-0.2, -0.15) is 5.10 Å². The molecule has 3 aromatic rings. The molecule has 0 saturated heterocycles. The maximum atomic E-state index is 12.9. The van der Waals surface area contributed by atoms with Gasteiger partial charge in [-0.15, -0.1) is 0 Å². The fraction of sp³-hybridized carbons (Fsp3) is 0.111. The first-order valence-corrected chi connectivity index (χ1v) is 7.46. The number of hydrogen-bond acceptors (Lipinski definition) is 3. The number of amides is 1. The van der Waals surface area contributed by atoms with E-state index in [-0.39, 0.29) is 24.0 Å². The second kappa shape index (κ2) is 7.06. The van der Waals surface area contributed by atoms with E-state index < -0.39 is 6.10 Å². The van der Waals surface area contributed by atoms with Crippen LogP contribution in [0.1, 0.15) is 22.2 Å². The van der Waals surface area contributed by atoms with Gasteiger partial charge in [-0.1, -0.05) is 30.3 Å². The van der Waals surface area contributed by atoms with Gasteiger partial charge in [0.05, 0.1) is 11.8 Å². The molecule has 24 heavy (non-hydrogen) atoms. The smallest absolute Gasteiger partial charge is 0.269 e. The van der Waals surface area contributed by atoms with Crippen LogP contribution in [0.3, 0.4) is 0 Å². The van der Waals surface area contributed by atoms with Crippen molar-refractivity contribution in [2.24, 2.45) is 0 Å². The highest BCUT2D eigenvalue weighted by atomic mass is 19.1. The molecule has 0 aliphatic rings. The van der Waals surface area contributed by atoms with Crippen LogP contribution in [0, 0.1) is 5.82 Å². The molecule has 0 saturated carbocycles. The molecule has 6 heteroatoms. The van der Waals surface area contributed by atoms with Gasteiger partial charge in [-0.25, -0.2) is 4.39 Å². The molecule has 0 radical (unpaired) electrons. The predicted molar refractivity (Wildman–Crippen MR) is 87.7 cm³/mol. The van der Waals surface area contributed by atoms with Crippen LogP contribution in [-0.4, -0.2) is 27.8 Å². The molecule has 0 spiro atoms. The third-order valence-corrected chi connectivity index (χ3v) is 3.60. The third-order valence-electron chi connectivity index (χ3n) is 3.60. The molecule has 1 amide bonds. The Balaban J connectivity index is 1.63. The molecule has 3 rings (SSSR count). The fourth-order valence-electron chi connectivity index (χ4n) is 2.28. The fourth-order valence-corrected chi connectivity index (χ4v) is 2.28. The average molecular weight is 325 g/mol. The summed E-state index contributed by atoms with van der Waals surface area (Å²) in [5.74, 6) is -0.701. The number of benzene rings is 2. The summed E-state index contributed by atoms with van der Waals surface area (Å²) in [7, 11) is 0. The number of nitrogens with one attached hydrogen (secondary N) is 2. The van der Waals surface area contributed by atoms with Gasteiger partial charge >= 0.3 is 0 Å². The number of aromatic nitrogens is 2. The topological polar surface area (TPSA) is 78.0 Å². The van der Waals surface area contributed by atoms with Crippen molar-refractivity contribution in [1.82, 2.24) is 15.5 Å². The quantitative estimate of drug-likeness (QED) is 0.675. The van der Waals surface area contributed by atoms with Crippen LogP contribution in [0.4, 0.5) is 4.39 Å². The van der Waals surface area contributed by atoms with Gasteiger partial charge in [0.15, 0.2) is 0 Å². The lowest BCUT2D eigenvalue weighted by Gasteiger charge is -2.11. The molecule has 5 nitrogen and oxygen atoms in total. The first-order chi connectivity index (χ1) is 11.6. The van der Waals surface area contributed by atoms with Crippen molar-refractivity contribution in [3.63, 3.8) is 0 Å². The molecular formula is C18H16FN3O2. The zero-order valence-corrected chi connectivity index (χ0v) is 12.7. The highest BCUT2D eigenvalue weighted by Crippen LogP contribution is 2.18. The summed E-state index contributed by atoms with van der Waals surface area (Å²) >= 11 is 0. The minimum Gasteiger partial charge on any atom is -0.387 e. The largest absolute Gasteiger partial charge is 0.387 e. The number of carbonyl (C=O) groups excluding carboxylic acids is 1. The number of rotatable bonds is 5. The van der Waals surface area contributed by atoms with Crippen LogP contribution in [0.2, 0.25) is 0 Å². The number of aromatic amines is 1. The summed E-state index contributed by atoms with van der Waals surface area (Å²) < 4.78 is 12.9.